The SMILES string of the molecule is COc1ccc(C2/C(=C(/O)c3ccc(Cl)cc3)C(=O)C(=O)N2CCCn2ccnc2)cc1. The zero-order valence-corrected chi connectivity index (χ0v) is 18.2. The maximum Gasteiger partial charge on any atom is 0.295 e. The predicted molar refractivity (Wildman–Crippen MR) is 120 cm³/mol. The van der Waals surface area contributed by atoms with Gasteiger partial charge in [-0.1, -0.05) is 23.7 Å². The lowest BCUT2D eigenvalue weighted by molar-refractivity contribution is -0.139. The molecule has 0 radical (unpaired) electrons. The highest BCUT2D eigenvalue weighted by atomic mass is 35.5. The second-order valence-electron chi connectivity index (χ2n) is 7.43. The summed E-state index contributed by atoms with van der Waals surface area (Å²) in [5.74, 6) is -0.908. The van der Waals surface area contributed by atoms with E-state index in [-0.39, 0.29) is 11.3 Å². The minimum atomic E-state index is -0.709. The number of carbonyl (C=O) groups excluding carboxylic acids is 2. The standard InChI is InChI=1S/C24H22ClN3O4/c1-32-19-9-5-16(6-10-19)21-20(22(29)17-3-7-18(25)8-4-17)23(30)24(31)28(21)13-2-12-27-14-11-26-15-27/h3-11,14-15,21,29H,2,12-13H2,1H3/b22-20-. The highest BCUT2D eigenvalue weighted by molar-refractivity contribution is 6.46. The van der Waals surface area contributed by atoms with Crippen LogP contribution in [-0.4, -0.2) is 44.9 Å². The van der Waals surface area contributed by atoms with Crippen LogP contribution in [0.4, 0.5) is 0 Å². The summed E-state index contributed by atoms with van der Waals surface area (Å²) in [6.07, 6.45) is 5.86. The van der Waals surface area contributed by atoms with Gasteiger partial charge in [0.2, 0.25) is 0 Å². The number of hydrogen-bond acceptors (Lipinski definition) is 5. The van der Waals surface area contributed by atoms with Gasteiger partial charge in [-0.2, -0.15) is 0 Å². The van der Waals surface area contributed by atoms with E-state index in [4.69, 9.17) is 16.3 Å². The Kier molecular flexibility index (Phi) is 6.28. The number of likely N-dealkylation sites (tertiary alicyclic amines) is 1. The summed E-state index contributed by atoms with van der Waals surface area (Å²) < 4.78 is 7.14. The second-order valence-corrected chi connectivity index (χ2v) is 7.86. The van der Waals surface area contributed by atoms with Crippen molar-refractivity contribution in [1.82, 2.24) is 14.5 Å². The summed E-state index contributed by atoms with van der Waals surface area (Å²) in [4.78, 5) is 31.5. The zero-order chi connectivity index (χ0) is 22.7. The van der Waals surface area contributed by atoms with Gasteiger partial charge in [0.1, 0.15) is 11.5 Å². The highest BCUT2D eigenvalue weighted by Crippen LogP contribution is 2.40. The van der Waals surface area contributed by atoms with Crippen molar-refractivity contribution in [3.8, 4) is 5.75 Å². The summed E-state index contributed by atoms with van der Waals surface area (Å²) in [6, 6.07) is 12.9. The molecule has 164 valence electrons. The first kappa shape index (κ1) is 21.6. The number of methoxy groups -OCH3 is 1. The summed E-state index contributed by atoms with van der Waals surface area (Å²) in [5, 5.41) is 11.5. The van der Waals surface area contributed by atoms with E-state index in [9.17, 15) is 14.7 Å². The van der Waals surface area contributed by atoms with E-state index < -0.39 is 17.7 Å². The van der Waals surface area contributed by atoms with Crippen molar-refractivity contribution in [2.45, 2.75) is 19.0 Å². The van der Waals surface area contributed by atoms with Gasteiger partial charge in [0.25, 0.3) is 11.7 Å². The van der Waals surface area contributed by atoms with E-state index in [1.54, 1.807) is 68.2 Å². The van der Waals surface area contributed by atoms with E-state index in [0.29, 0.717) is 41.4 Å². The Morgan fingerprint density at radius 1 is 1.09 bits per heavy atom. The molecule has 1 saturated heterocycles. The summed E-state index contributed by atoms with van der Waals surface area (Å²) >= 11 is 5.96. The first-order valence-electron chi connectivity index (χ1n) is 10.1. The minimum absolute atomic E-state index is 0.0603. The van der Waals surface area contributed by atoms with Crippen molar-refractivity contribution in [1.29, 1.82) is 0 Å². The molecule has 4 rings (SSSR count). The molecular weight excluding hydrogens is 430 g/mol. The Morgan fingerprint density at radius 3 is 2.44 bits per heavy atom. The number of aryl methyl sites for hydroxylation is 1. The van der Waals surface area contributed by atoms with Crippen LogP contribution < -0.4 is 4.74 Å². The molecule has 1 aliphatic heterocycles. The number of carbonyl (C=O) groups is 2. The quantitative estimate of drug-likeness (QED) is 0.332. The number of amides is 1. The lowest BCUT2D eigenvalue weighted by atomic mass is 9.95. The number of aliphatic hydroxyl groups excluding tert-OH is 1. The van der Waals surface area contributed by atoms with Crippen molar-refractivity contribution in [2.24, 2.45) is 0 Å². The van der Waals surface area contributed by atoms with Gasteiger partial charge >= 0.3 is 0 Å². The lowest BCUT2D eigenvalue weighted by Crippen LogP contribution is -2.31. The van der Waals surface area contributed by atoms with Gasteiger partial charge < -0.3 is 19.3 Å². The van der Waals surface area contributed by atoms with Crippen LogP contribution in [0.15, 0.2) is 72.8 Å². The van der Waals surface area contributed by atoms with Crippen LogP contribution >= 0.6 is 11.6 Å². The van der Waals surface area contributed by atoms with Crippen LogP contribution in [-0.2, 0) is 16.1 Å². The monoisotopic (exact) mass is 451 g/mol. The molecule has 2 aromatic carbocycles. The van der Waals surface area contributed by atoms with E-state index in [1.165, 1.54) is 4.90 Å². The van der Waals surface area contributed by atoms with Crippen LogP contribution in [0.3, 0.4) is 0 Å². The van der Waals surface area contributed by atoms with Crippen LogP contribution in [0.2, 0.25) is 5.02 Å². The molecule has 0 spiro atoms. The Labute approximate surface area is 190 Å². The molecule has 1 aromatic heterocycles. The fraction of sp³-hybridized carbons (Fsp3) is 0.208. The third-order valence-corrected chi connectivity index (χ3v) is 5.72. The molecule has 0 saturated carbocycles. The number of aromatic nitrogens is 2. The lowest BCUT2D eigenvalue weighted by Gasteiger charge is -2.25. The molecule has 1 amide bonds. The first-order valence-corrected chi connectivity index (χ1v) is 10.5. The second kappa shape index (κ2) is 9.28. The van der Waals surface area contributed by atoms with Gasteiger partial charge in [-0.05, 0) is 48.4 Å². The van der Waals surface area contributed by atoms with Crippen LogP contribution in [0.5, 0.6) is 5.75 Å². The van der Waals surface area contributed by atoms with Crippen molar-refractivity contribution in [3.05, 3.63) is 89.0 Å². The van der Waals surface area contributed by atoms with Crippen molar-refractivity contribution in [2.75, 3.05) is 13.7 Å². The maximum atomic E-state index is 13.0. The molecule has 0 bridgehead atoms. The maximum absolute atomic E-state index is 13.0. The molecule has 1 atom stereocenters. The molecule has 1 N–H and O–H groups in total. The Balaban J connectivity index is 1.72. The number of ether oxygens (including phenoxy) is 1. The van der Waals surface area contributed by atoms with E-state index in [2.05, 4.69) is 4.98 Å². The predicted octanol–water partition coefficient (Wildman–Crippen LogP) is 4.06. The Bertz CT molecular complexity index is 1140. The van der Waals surface area contributed by atoms with Gasteiger partial charge in [-0.25, -0.2) is 4.98 Å². The first-order chi connectivity index (χ1) is 15.5. The van der Waals surface area contributed by atoms with Crippen molar-refractivity contribution >= 4 is 29.1 Å². The van der Waals surface area contributed by atoms with E-state index in [0.717, 1.165) is 0 Å². The molecule has 1 fully saturated rings. The van der Waals surface area contributed by atoms with E-state index >= 15 is 0 Å². The minimum Gasteiger partial charge on any atom is -0.507 e. The largest absolute Gasteiger partial charge is 0.507 e. The highest BCUT2D eigenvalue weighted by Gasteiger charge is 2.45. The number of hydrogen-bond donors (Lipinski definition) is 1. The van der Waals surface area contributed by atoms with Gasteiger partial charge in [0.15, 0.2) is 0 Å². The third-order valence-electron chi connectivity index (χ3n) is 5.46. The fourth-order valence-electron chi connectivity index (χ4n) is 3.85. The van der Waals surface area contributed by atoms with Crippen LogP contribution in [0.25, 0.3) is 5.76 Å². The van der Waals surface area contributed by atoms with Gasteiger partial charge in [0.05, 0.1) is 25.1 Å². The molecule has 1 unspecified atom stereocenters. The molecule has 32 heavy (non-hydrogen) atoms. The van der Waals surface area contributed by atoms with Crippen molar-refractivity contribution < 1.29 is 19.4 Å². The fourth-order valence-corrected chi connectivity index (χ4v) is 3.98. The number of halogens is 1. The molecule has 7 nitrogen and oxygen atoms in total. The number of aliphatic hydroxyl groups is 1. The average Bonchev–Trinajstić information content (AvgIpc) is 3.41. The van der Waals surface area contributed by atoms with Gasteiger partial charge in [-0.3, -0.25) is 9.59 Å². The van der Waals surface area contributed by atoms with Crippen LogP contribution in [0.1, 0.15) is 23.6 Å². The molecule has 8 heteroatoms. The van der Waals surface area contributed by atoms with Crippen LogP contribution in [0, 0.1) is 0 Å². The number of benzene rings is 2. The molecular formula is C24H22ClN3O4. The zero-order valence-electron chi connectivity index (χ0n) is 17.4. The summed E-state index contributed by atoms with van der Waals surface area (Å²) in [6.45, 7) is 0.992. The normalized spacial score (nSPS) is 17.7. The molecule has 2 heterocycles. The molecule has 3 aromatic rings. The number of rotatable bonds is 7. The van der Waals surface area contributed by atoms with E-state index in [1.807, 2.05) is 10.8 Å². The number of nitrogens with zero attached hydrogens (tertiary/aromatic N) is 3. The van der Waals surface area contributed by atoms with Gasteiger partial charge in [-0.15, -0.1) is 0 Å². The van der Waals surface area contributed by atoms with Crippen molar-refractivity contribution in [3.63, 3.8) is 0 Å². The molecule has 0 aliphatic carbocycles. The number of imidazole rings is 1. The smallest absolute Gasteiger partial charge is 0.295 e. The number of ketones is 1. The molecule has 1 aliphatic rings. The Hall–Kier alpha value is -3.58. The summed E-state index contributed by atoms with van der Waals surface area (Å²) in [7, 11) is 1.57. The number of Topliss-reactive ketones (excluding diaryl/α,β-unsaturated/α-hetero) is 1. The Morgan fingerprint density at radius 2 is 1.81 bits per heavy atom. The third kappa shape index (κ3) is 4.24. The van der Waals surface area contributed by atoms with Gasteiger partial charge in [0, 0.05) is 36.1 Å². The summed E-state index contributed by atoms with van der Waals surface area (Å²) in [5.41, 5.74) is 1.19. The topological polar surface area (TPSA) is 84.7 Å². The average molecular weight is 452 g/mol.